The SMILES string of the molecule is CN1CCN(c2nc3sc4c(c3c(=O)n2Cc2ccco2)CCCCC4)CC1. The Morgan fingerprint density at radius 3 is 2.75 bits per heavy atom. The Balaban J connectivity index is 1.67. The zero-order valence-corrected chi connectivity index (χ0v) is 17.1. The molecule has 3 aromatic heterocycles. The lowest BCUT2D eigenvalue weighted by molar-refractivity contribution is 0.309. The number of aromatic nitrogens is 2. The van der Waals surface area contributed by atoms with Crippen molar-refractivity contribution in [3.8, 4) is 0 Å². The molecule has 1 aliphatic carbocycles. The first-order chi connectivity index (χ1) is 13.7. The highest BCUT2D eigenvalue weighted by molar-refractivity contribution is 7.18. The molecule has 0 radical (unpaired) electrons. The summed E-state index contributed by atoms with van der Waals surface area (Å²) >= 11 is 1.74. The Bertz CT molecular complexity index is 1030. The molecule has 2 aliphatic rings. The average Bonchev–Trinajstić information content (AvgIpc) is 3.27. The first-order valence-corrected chi connectivity index (χ1v) is 11.0. The van der Waals surface area contributed by atoms with E-state index in [9.17, 15) is 4.79 Å². The summed E-state index contributed by atoms with van der Waals surface area (Å²) in [5, 5.41) is 0.853. The number of nitrogens with zero attached hydrogens (tertiary/aromatic N) is 4. The van der Waals surface area contributed by atoms with Gasteiger partial charge < -0.3 is 14.2 Å². The number of fused-ring (bicyclic) bond motifs is 3. The molecule has 5 rings (SSSR count). The van der Waals surface area contributed by atoms with Gasteiger partial charge in [-0.3, -0.25) is 9.36 Å². The van der Waals surface area contributed by atoms with Gasteiger partial charge in [-0.2, -0.15) is 0 Å². The van der Waals surface area contributed by atoms with Gasteiger partial charge in [0.25, 0.3) is 5.56 Å². The fourth-order valence-corrected chi connectivity index (χ4v) is 5.60. The zero-order valence-electron chi connectivity index (χ0n) is 16.3. The maximum Gasteiger partial charge on any atom is 0.264 e. The molecule has 0 unspecified atom stereocenters. The van der Waals surface area contributed by atoms with Crippen LogP contribution in [0.15, 0.2) is 27.6 Å². The van der Waals surface area contributed by atoms with Crippen LogP contribution >= 0.6 is 11.3 Å². The van der Waals surface area contributed by atoms with Gasteiger partial charge in [-0.15, -0.1) is 11.3 Å². The molecule has 0 atom stereocenters. The third-order valence-corrected chi connectivity index (χ3v) is 7.17. The summed E-state index contributed by atoms with van der Waals surface area (Å²) in [5.74, 6) is 1.58. The van der Waals surface area contributed by atoms with E-state index < -0.39 is 0 Å². The van der Waals surface area contributed by atoms with E-state index >= 15 is 0 Å². The van der Waals surface area contributed by atoms with Crippen molar-refractivity contribution in [1.29, 1.82) is 0 Å². The normalized spacial score (nSPS) is 18.4. The van der Waals surface area contributed by atoms with Crippen LogP contribution in [-0.2, 0) is 19.4 Å². The number of aryl methyl sites for hydroxylation is 2. The van der Waals surface area contributed by atoms with E-state index in [1.807, 2.05) is 16.7 Å². The highest BCUT2D eigenvalue weighted by Gasteiger charge is 2.25. The van der Waals surface area contributed by atoms with E-state index in [1.165, 1.54) is 23.3 Å². The summed E-state index contributed by atoms with van der Waals surface area (Å²) in [5.41, 5.74) is 1.35. The van der Waals surface area contributed by atoms with Crippen LogP contribution in [0.1, 0.15) is 35.5 Å². The van der Waals surface area contributed by atoms with Crippen LogP contribution < -0.4 is 10.5 Å². The van der Waals surface area contributed by atoms with Gasteiger partial charge in [0.2, 0.25) is 5.95 Å². The van der Waals surface area contributed by atoms with E-state index in [0.29, 0.717) is 6.54 Å². The lowest BCUT2D eigenvalue weighted by Crippen LogP contribution is -2.46. The molecule has 1 aliphatic heterocycles. The Labute approximate surface area is 168 Å². The molecule has 1 saturated heterocycles. The standard InChI is InChI=1S/C21H26N4O2S/c1-23-9-11-24(12-10-23)21-22-19-18(16-7-3-2-4-8-17(16)28-19)20(26)25(21)14-15-6-5-13-27-15/h5-6,13H,2-4,7-12,14H2,1H3. The number of hydrogen-bond donors (Lipinski definition) is 0. The fourth-order valence-electron chi connectivity index (χ4n) is 4.35. The molecule has 0 aromatic carbocycles. The van der Waals surface area contributed by atoms with Crippen LogP contribution in [-0.4, -0.2) is 47.7 Å². The summed E-state index contributed by atoms with van der Waals surface area (Å²) in [4.78, 5) is 25.6. The number of rotatable bonds is 3. The monoisotopic (exact) mass is 398 g/mol. The maximum absolute atomic E-state index is 13.7. The second-order valence-electron chi connectivity index (χ2n) is 7.92. The Morgan fingerprint density at radius 2 is 1.96 bits per heavy atom. The molecular weight excluding hydrogens is 372 g/mol. The minimum absolute atomic E-state index is 0.0923. The predicted molar refractivity (Wildman–Crippen MR) is 113 cm³/mol. The van der Waals surface area contributed by atoms with Gasteiger partial charge >= 0.3 is 0 Å². The van der Waals surface area contributed by atoms with Crippen LogP contribution in [0.4, 0.5) is 5.95 Å². The van der Waals surface area contributed by atoms with Gasteiger partial charge in [-0.1, -0.05) is 6.42 Å². The minimum Gasteiger partial charge on any atom is -0.467 e. The number of hydrogen-bond acceptors (Lipinski definition) is 6. The van der Waals surface area contributed by atoms with Crippen molar-refractivity contribution in [2.75, 3.05) is 38.1 Å². The van der Waals surface area contributed by atoms with Gasteiger partial charge in [0.1, 0.15) is 10.6 Å². The number of thiophene rings is 1. The third kappa shape index (κ3) is 3.16. The zero-order chi connectivity index (χ0) is 19.1. The van der Waals surface area contributed by atoms with Crippen molar-refractivity contribution in [2.24, 2.45) is 0 Å². The van der Waals surface area contributed by atoms with Crippen LogP contribution in [0.5, 0.6) is 0 Å². The van der Waals surface area contributed by atoms with Crippen LogP contribution in [0.2, 0.25) is 0 Å². The molecule has 6 nitrogen and oxygen atoms in total. The molecule has 1 fully saturated rings. The van der Waals surface area contributed by atoms with Crippen molar-refractivity contribution in [1.82, 2.24) is 14.5 Å². The molecule has 0 spiro atoms. The Morgan fingerprint density at radius 1 is 1.14 bits per heavy atom. The first kappa shape index (κ1) is 17.9. The van der Waals surface area contributed by atoms with Gasteiger partial charge in [-0.05, 0) is 50.4 Å². The second-order valence-corrected chi connectivity index (χ2v) is 9.00. The van der Waals surface area contributed by atoms with Gasteiger partial charge in [0.05, 0.1) is 18.2 Å². The molecule has 0 saturated carbocycles. The number of piperazine rings is 1. The van der Waals surface area contributed by atoms with Crippen molar-refractivity contribution in [2.45, 2.75) is 38.6 Å². The number of furan rings is 1. The third-order valence-electron chi connectivity index (χ3n) is 5.98. The number of likely N-dealkylation sites (N-methyl/N-ethyl adjacent to an activating group) is 1. The van der Waals surface area contributed by atoms with E-state index in [-0.39, 0.29) is 5.56 Å². The largest absolute Gasteiger partial charge is 0.467 e. The van der Waals surface area contributed by atoms with E-state index in [1.54, 1.807) is 17.6 Å². The van der Waals surface area contributed by atoms with Crippen molar-refractivity contribution in [3.63, 3.8) is 0 Å². The van der Waals surface area contributed by atoms with Crippen LogP contribution in [0.3, 0.4) is 0 Å². The Hall–Kier alpha value is -2.12. The average molecular weight is 399 g/mol. The van der Waals surface area contributed by atoms with Gasteiger partial charge in [0, 0.05) is 31.1 Å². The summed E-state index contributed by atoms with van der Waals surface area (Å²) in [6.07, 6.45) is 7.37. The molecule has 0 bridgehead atoms. The van der Waals surface area contributed by atoms with Gasteiger partial charge in [-0.25, -0.2) is 4.98 Å². The first-order valence-electron chi connectivity index (χ1n) is 10.2. The van der Waals surface area contributed by atoms with Gasteiger partial charge in [0.15, 0.2) is 0 Å². The highest BCUT2D eigenvalue weighted by Crippen LogP contribution is 2.34. The van der Waals surface area contributed by atoms with Crippen molar-refractivity contribution in [3.05, 3.63) is 45.0 Å². The van der Waals surface area contributed by atoms with E-state index in [0.717, 1.165) is 67.4 Å². The molecule has 148 valence electrons. The lowest BCUT2D eigenvalue weighted by Gasteiger charge is -2.34. The van der Waals surface area contributed by atoms with E-state index in [2.05, 4.69) is 16.8 Å². The minimum atomic E-state index is 0.0923. The van der Waals surface area contributed by atoms with E-state index in [4.69, 9.17) is 9.40 Å². The lowest BCUT2D eigenvalue weighted by atomic mass is 10.1. The van der Waals surface area contributed by atoms with Crippen molar-refractivity contribution >= 4 is 27.5 Å². The summed E-state index contributed by atoms with van der Waals surface area (Å²) < 4.78 is 7.40. The molecule has 4 heterocycles. The van der Waals surface area contributed by atoms with Crippen LogP contribution in [0, 0.1) is 0 Å². The molecule has 28 heavy (non-hydrogen) atoms. The second kappa shape index (κ2) is 7.37. The Kier molecular flexibility index (Phi) is 4.72. The summed E-state index contributed by atoms with van der Waals surface area (Å²) in [7, 11) is 2.14. The fraction of sp³-hybridized carbons (Fsp3) is 0.524. The summed E-state index contributed by atoms with van der Waals surface area (Å²) in [6.45, 7) is 4.17. The quantitative estimate of drug-likeness (QED) is 0.635. The predicted octanol–water partition coefficient (Wildman–Crippen LogP) is 3.12. The molecular formula is C21H26N4O2S. The topological polar surface area (TPSA) is 54.5 Å². The highest BCUT2D eigenvalue weighted by atomic mass is 32.1. The molecule has 0 N–H and O–H groups in total. The van der Waals surface area contributed by atoms with Crippen molar-refractivity contribution < 1.29 is 4.42 Å². The van der Waals surface area contributed by atoms with Crippen LogP contribution in [0.25, 0.3) is 10.2 Å². The molecule has 0 amide bonds. The summed E-state index contributed by atoms with van der Waals surface area (Å²) in [6, 6.07) is 3.80. The molecule has 3 aromatic rings. The molecule has 7 heteroatoms. The maximum atomic E-state index is 13.7. The number of anilines is 1. The smallest absolute Gasteiger partial charge is 0.264 e.